The Morgan fingerprint density at radius 1 is 0.681 bits per heavy atom. The molecule has 14 heteroatoms. The summed E-state index contributed by atoms with van der Waals surface area (Å²) in [7, 11) is 0. The van der Waals surface area contributed by atoms with Crippen molar-refractivity contribution in [1.29, 1.82) is 0 Å². The molecule has 3 atom stereocenters. The van der Waals surface area contributed by atoms with Gasteiger partial charge in [0.2, 0.25) is 0 Å². The number of amides is 2. The molecule has 11 nitrogen and oxygen atoms in total. The smallest absolute Gasteiger partial charge is 0.263 e. The van der Waals surface area contributed by atoms with Crippen LogP contribution in [0.5, 0.6) is 0 Å². The van der Waals surface area contributed by atoms with Crippen LogP contribution in [0.3, 0.4) is 0 Å². The summed E-state index contributed by atoms with van der Waals surface area (Å²) in [6.45, 7) is 16.6. The molecule has 0 bridgehead atoms. The van der Waals surface area contributed by atoms with E-state index in [1.54, 1.807) is 0 Å². The molecule has 0 spiro atoms. The first-order chi connectivity index (χ1) is 22.3. The van der Waals surface area contributed by atoms with Crippen molar-refractivity contribution in [2.45, 2.75) is 118 Å². The van der Waals surface area contributed by atoms with E-state index in [1.165, 1.54) is 34.0 Å². The molecular weight excluding hydrogens is 653 g/mol. The molecule has 0 aliphatic heterocycles. The molecule has 3 rings (SSSR count). The van der Waals surface area contributed by atoms with Crippen LogP contribution in [-0.4, -0.2) is 51.7 Å². The number of aromatic nitrogens is 3. The lowest BCUT2D eigenvalue weighted by atomic mass is 10.0. The van der Waals surface area contributed by atoms with Crippen LogP contribution >= 0.6 is 34.0 Å². The average Bonchev–Trinajstić information content (AvgIpc) is 3.72. The van der Waals surface area contributed by atoms with Gasteiger partial charge in [-0.05, 0) is 79.3 Å². The van der Waals surface area contributed by atoms with E-state index in [2.05, 4.69) is 34.8 Å². The van der Waals surface area contributed by atoms with E-state index in [9.17, 15) is 14.4 Å². The van der Waals surface area contributed by atoms with Crippen LogP contribution in [0, 0.1) is 19.8 Å². The monoisotopic (exact) mass is 704 g/mol. The first-order valence-electron chi connectivity index (χ1n) is 16.5. The van der Waals surface area contributed by atoms with E-state index in [1.807, 2.05) is 41.5 Å². The van der Waals surface area contributed by atoms with Gasteiger partial charge < -0.3 is 27.4 Å². The summed E-state index contributed by atoms with van der Waals surface area (Å²) >= 11 is 4.05. The molecular formula is C33H52N8O3S3. The summed E-state index contributed by atoms with van der Waals surface area (Å²) in [5.41, 5.74) is 13.3. The molecule has 260 valence electrons. The van der Waals surface area contributed by atoms with Gasteiger partial charge in [-0.3, -0.25) is 14.4 Å². The zero-order chi connectivity index (χ0) is 34.8. The summed E-state index contributed by atoms with van der Waals surface area (Å²) in [5.74, 6) is -0.751. The predicted octanol–water partition coefficient (Wildman–Crippen LogP) is 5.94. The quantitative estimate of drug-likeness (QED) is 0.0746. The van der Waals surface area contributed by atoms with Crippen molar-refractivity contribution in [3.8, 4) is 0 Å². The van der Waals surface area contributed by atoms with Gasteiger partial charge in [0.15, 0.2) is 5.78 Å². The molecule has 0 saturated carbocycles. The normalized spacial score (nSPS) is 13.6. The highest BCUT2D eigenvalue weighted by Crippen LogP contribution is 2.32. The maximum absolute atomic E-state index is 13.9. The van der Waals surface area contributed by atoms with Crippen molar-refractivity contribution in [2.24, 2.45) is 17.4 Å². The van der Waals surface area contributed by atoms with E-state index in [0.29, 0.717) is 56.2 Å². The molecule has 0 aliphatic rings. The Kier molecular flexibility index (Phi) is 15.1. The first kappa shape index (κ1) is 38.8. The lowest BCUT2D eigenvalue weighted by Crippen LogP contribution is -2.33. The van der Waals surface area contributed by atoms with Crippen LogP contribution in [0.15, 0.2) is 0 Å². The second kappa shape index (κ2) is 18.2. The van der Waals surface area contributed by atoms with E-state index in [4.69, 9.17) is 21.4 Å². The fourth-order valence-electron chi connectivity index (χ4n) is 5.28. The van der Waals surface area contributed by atoms with Crippen molar-refractivity contribution in [3.63, 3.8) is 0 Å². The van der Waals surface area contributed by atoms with Gasteiger partial charge in [0.1, 0.15) is 9.75 Å². The third kappa shape index (κ3) is 10.7. The van der Waals surface area contributed by atoms with Crippen molar-refractivity contribution in [3.05, 3.63) is 46.7 Å². The SMILES string of the molecule is Cc1nc([C@H](C)NC(C)C)c(C(=O)N[C@@H](CCCCN)c2nc(C)sc2C(=O)N[C@@H](C)c2nc(CCCCN)sc2C(=O)C(C)C)s1. The first-order valence-corrected chi connectivity index (χ1v) is 19.0. The maximum atomic E-state index is 13.9. The van der Waals surface area contributed by atoms with Gasteiger partial charge in [-0.15, -0.1) is 34.0 Å². The van der Waals surface area contributed by atoms with Crippen molar-refractivity contribution in [1.82, 2.24) is 30.9 Å². The van der Waals surface area contributed by atoms with Gasteiger partial charge in [0.05, 0.1) is 49.1 Å². The van der Waals surface area contributed by atoms with Gasteiger partial charge >= 0.3 is 0 Å². The number of nitrogens with one attached hydrogen (secondary N) is 3. The largest absolute Gasteiger partial charge is 0.343 e. The summed E-state index contributed by atoms with van der Waals surface area (Å²) in [6.07, 6.45) is 4.59. The van der Waals surface area contributed by atoms with Crippen LogP contribution in [0.2, 0.25) is 0 Å². The number of hydrogen-bond acceptors (Lipinski definition) is 12. The number of hydrogen-bond donors (Lipinski definition) is 5. The lowest BCUT2D eigenvalue weighted by molar-refractivity contribution is 0.0916. The number of rotatable bonds is 19. The number of unbranched alkanes of at least 4 members (excludes halogenated alkanes) is 2. The van der Waals surface area contributed by atoms with Crippen molar-refractivity contribution in [2.75, 3.05) is 13.1 Å². The van der Waals surface area contributed by atoms with Crippen LogP contribution in [0.1, 0.15) is 153 Å². The Bertz CT molecular complexity index is 1500. The summed E-state index contributed by atoms with van der Waals surface area (Å²) in [6, 6.07) is -0.914. The van der Waals surface area contributed by atoms with Crippen molar-refractivity contribution >= 4 is 51.6 Å². The average molecular weight is 705 g/mol. The Morgan fingerprint density at radius 2 is 1.23 bits per heavy atom. The number of ketones is 1. The predicted molar refractivity (Wildman–Crippen MR) is 193 cm³/mol. The van der Waals surface area contributed by atoms with E-state index in [0.717, 1.165) is 42.1 Å². The molecule has 47 heavy (non-hydrogen) atoms. The molecule has 0 aliphatic carbocycles. The molecule has 7 N–H and O–H groups in total. The maximum Gasteiger partial charge on any atom is 0.263 e. The van der Waals surface area contributed by atoms with E-state index in [-0.39, 0.29) is 35.6 Å². The van der Waals surface area contributed by atoms with Gasteiger partial charge in [0, 0.05) is 18.0 Å². The van der Waals surface area contributed by atoms with Crippen LogP contribution in [0.4, 0.5) is 0 Å². The number of Topliss-reactive ketones (excluding diaryl/α,β-unsaturated/α-hetero) is 1. The minimum atomic E-state index is -0.516. The molecule has 3 aromatic rings. The topological polar surface area (TPSA) is 178 Å². The molecule has 0 saturated heterocycles. The molecule has 0 aromatic carbocycles. The Morgan fingerprint density at radius 3 is 1.83 bits per heavy atom. The molecule has 2 amide bonds. The fraction of sp³-hybridized carbons (Fsp3) is 0.636. The Balaban J connectivity index is 1.91. The number of aryl methyl sites for hydroxylation is 3. The van der Waals surface area contributed by atoms with Gasteiger partial charge in [-0.1, -0.05) is 27.7 Å². The number of thiazole rings is 3. The Hall–Kier alpha value is -2.62. The highest BCUT2D eigenvalue weighted by molar-refractivity contribution is 7.14. The van der Waals surface area contributed by atoms with E-state index >= 15 is 0 Å². The van der Waals surface area contributed by atoms with E-state index < -0.39 is 12.1 Å². The third-order valence-corrected chi connectivity index (χ3v) is 10.7. The number of nitrogens with two attached hydrogens (primary N) is 2. The minimum Gasteiger partial charge on any atom is -0.343 e. The van der Waals surface area contributed by atoms with Gasteiger partial charge in [0.25, 0.3) is 11.8 Å². The molecule has 0 fully saturated rings. The standard InChI is InChI=1S/C33H52N8O3S3/c1-17(2)28(42)29-25(41-24(47-29)14-10-12-16-35)20(6)37-32(43)31-27(39-22(8)46-31)23(13-9-11-15-34)40-33(44)30-26(38-21(7)45-30)19(5)36-18(3)4/h17-20,23,36H,9-16,34-35H2,1-8H3,(H,37,43)(H,40,44)/t19-,20-,23-/m0/s1. The molecule has 3 aromatic heterocycles. The molecule has 0 unspecified atom stereocenters. The zero-order valence-corrected chi connectivity index (χ0v) is 31.4. The second-order valence-corrected chi connectivity index (χ2v) is 16.0. The summed E-state index contributed by atoms with van der Waals surface area (Å²) in [4.78, 5) is 56.7. The van der Waals surface area contributed by atoms with Gasteiger partial charge in [-0.25, -0.2) is 15.0 Å². The minimum absolute atomic E-state index is 0.0104. The number of nitrogens with zero attached hydrogens (tertiary/aromatic N) is 3. The highest BCUT2D eigenvalue weighted by Gasteiger charge is 2.31. The summed E-state index contributed by atoms with van der Waals surface area (Å²) < 4.78 is 0. The fourth-order valence-corrected chi connectivity index (χ4v) is 8.37. The highest BCUT2D eigenvalue weighted by atomic mass is 32.1. The molecule has 0 radical (unpaired) electrons. The zero-order valence-electron chi connectivity index (χ0n) is 29.0. The van der Waals surface area contributed by atoms with Gasteiger partial charge in [-0.2, -0.15) is 0 Å². The Labute approximate surface area is 291 Å². The van der Waals surface area contributed by atoms with Crippen molar-refractivity contribution < 1.29 is 14.4 Å². The van der Waals surface area contributed by atoms with Crippen LogP contribution < -0.4 is 27.4 Å². The molecule has 3 heterocycles. The van der Waals surface area contributed by atoms with Crippen LogP contribution in [0.25, 0.3) is 0 Å². The van der Waals surface area contributed by atoms with Crippen LogP contribution in [-0.2, 0) is 6.42 Å². The second-order valence-electron chi connectivity index (χ2n) is 12.5. The number of carbonyl (C=O) groups is 3. The number of carbonyl (C=O) groups excluding carboxylic acids is 3. The lowest BCUT2D eigenvalue weighted by Gasteiger charge is -2.20. The summed E-state index contributed by atoms with van der Waals surface area (Å²) in [5, 5.41) is 12.1. The third-order valence-electron chi connectivity index (χ3n) is 7.56.